The molecule has 0 aromatic carbocycles. The number of nitrogens with zero attached hydrogens (tertiary/aromatic N) is 1. The zero-order valence-electron chi connectivity index (χ0n) is 11.7. The van der Waals surface area contributed by atoms with Crippen LogP contribution in [0, 0.1) is 5.92 Å². The third kappa shape index (κ3) is 5.04. The van der Waals surface area contributed by atoms with E-state index in [4.69, 9.17) is 0 Å². The second kappa shape index (κ2) is 7.36. The summed E-state index contributed by atoms with van der Waals surface area (Å²) in [4.78, 5) is 25.4. The molecule has 1 fully saturated rings. The Labute approximate surface area is 109 Å². The summed E-state index contributed by atoms with van der Waals surface area (Å²) in [5.74, 6) is 0.439. The van der Waals surface area contributed by atoms with Crippen molar-refractivity contribution in [1.29, 1.82) is 0 Å². The molecule has 0 spiro atoms. The van der Waals surface area contributed by atoms with Crippen LogP contribution in [0.4, 0.5) is 0 Å². The lowest BCUT2D eigenvalue weighted by Gasteiger charge is -2.22. The third-order valence-corrected chi connectivity index (χ3v) is 3.14. The van der Waals surface area contributed by atoms with Crippen molar-refractivity contribution in [3.05, 3.63) is 0 Å². The highest BCUT2D eigenvalue weighted by molar-refractivity contribution is 5.85. The van der Waals surface area contributed by atoms with E-state index in [-0.39, 0.29) is 24.4 Å². The molecule has 1 rings (SSSR count). The van der Waals surface area contributed by atoms with Gasteiger partial charge in [-0.05, 0) is 46.2 Å². The van der Waals surface area contributed by atoms with Crippen molar-refractivity contribution < 1.29 is 9.59 Å². The Morgan fingerprint density at radius 1 is 1.44 bits per heavy atom. The quantitative estimate of drug-likeness (QED) is 0.720. The van der Waals surface area contributed by atoms with Gasteiger partial charge < -0.3 is 15.5 Å². The van der Waals surface area contributed by atoms with Crippen LogP contribution < -0.4 is 10.6 Å². The zero-order valence-corrected chi connectivity index (χ0v) is 11.7. The molecule has 1 aliphatic rings. The number of carbonyl (C=O) groups excluding carboxylic acids is 2. The standard InChI is InChI=1S/C13H25N3O2/c1-4-16(9-12(17)15-10(2)3)13(18)7-11-5-6-14-8-11/h10-11,14H,4-9H2,1-3H3,(H,15,17). The van der Waals surface area contributed by atoms with Crippen LogP contribution in [-0.2, 0) is 9.59 Å². The normalized spacial score (nSPS) is 19.0. The van der Waals surface area contributed by atoms with Crippen molar-refractivity contribution in [2.75, 3.05) is 26.2 Å². The van der Waals surface area contributed by atoms with Crippen LogP contribution in [0.25, 0.3) is 0 Å². The Morgan fingerprint density at radius 3 is 2.67 bits per heavy atom. The molecule has 5 heteroatoms. The lowest BCUT2D eigenvalue weighted by Crippen LogP contribution is -2.43. The van der Waals surface area contributed by atoms with Crippen molar-refractivity contribution >= 4 is 11.8 Å². The highest BCUT2D eigenvalue weighted by Crippen LogP contribution is 2.13. The first kappa shape index (κ1) is 15.0. The molecule has 0 aromatic rings. The van der Waals surface area contributed by atoms with Crippen molar-refractivity contribution in [2.45, 2.75) is 39.7 Å². The van der Waals surface area contributed by atoms with E-state index in [1.54, 1.807) is 4.90 Å². The Morgan fingerprint density at radius 2 is 2.17 bits per heavy atom. The number of amides is 2. The van der Waals surface area contributed by atoms with Gasteiger partial charge in [0.15, 0.2) is 0 Å². The fourth-order valence-corrected chi connectivity index (χ4v) is 2.18. The van der Waals surface area contributed by atoms with Gasteiger partial charge >= 0.3 is 0 Å². The summed E-state index contributed by atoms with van der Waals surface area (Å²) in [5.41, 5.74) is 0. The summed E-state index contributed by atoms with van der Waals surface area (Å²) in [6.45, 7) is 8.42. The minimum absolute atomic E-state index is 0.0789. The maximum atomic E-state index is 12.1. The maximum Gasteiger partial charge on any atom is 0.239 e. The van der Waals surface area contributed by atoms with E-state index in [0.29, 0.717) is 18.9 Å². The molecule has 104 valence electrons. The highest BCUT2D eigenvalue weighted by atomic mass is 16.2. The van der Waals surface area contributed by atoms with Crippen LogP contribution in [0.2, 0.25) is 0 Å². The van der Waals surface area contributed by atoms with E-state index in [0.717, 1.165) is 19.5 Å². The van der Waals surface area contributed by atoms with Gasteiger partial charge in [0.25, 0.3) is 0 Å². The molecule has 0 radical (unpaired) electrons. The van der Waals surface area contributed by atoms with Crippen molar-refractivity contribution in [2.24, 2.45) is 5.92 Å². The Hall–Kier alpha value is -1.10. The number of nitrogens with one attached hydrogen (secondary N) is 2. The number of likely N-dealkylation sites (N-methyl/N-ethyl adjacent to an activating group) is 1. The topological polar surface area (TPSA) is 61.4 Å². The Kier molecular flexibility index (Phi) is 6.12. The van der Waals surface area contributed by atoms with Gasteiger partial charge in [0.2, 0.25) is 11.8 Å². The van der Waals surface area contributed by atoms with Gasteiger partial charge in [0, 0.05) is 19.0 Å². The van der Waals surface area contributed by atoms with E-state index >= 15 is 0 Å². The van der Waals surface area contributed by atoms with E-state index in [2.05, 4.69) is 10.6 Å². The molecule has 1 atom stereocenters. The van der Waals surface area contributed by atoms with Gasteiger partial charge in [-0.25, -0.2) is 0 Å². The lowest BCUT2D eigenvalue weighted by molar-refractivity contribution is -0.136. The molecule has 0 aliphatic carbocycles. The van der Waals surface area contributed by atoms with Crippen LogP contribution in [0.15, 0.2) is 0 Å². The predicted octanol–water partition coefficient (Wildman–Crippen LogP) is 0.359. The molecule has 1 aliphatic heterocycles. The van der Waals surface area contributed by atoms with E-state index < -0.39 is 0 Å². The fraction of sp³-hybridized carbons (Fsp3) is 0.846. The second-order valence-electron chi connectivity index (χ2n) is 5.19. The summed E-state index contributed by atoms with van der Waals surface area (Å²) in [6.07, 6.45) is 1.61. The molecule has 1 heterocycles. The average Bonchev–Trinajstić information content (AvgIpc) is 2.77. The van der Waals surface area contributed by atoms with Crippen LogP contribution in [0.5, 0.6) is 0 Å². The summed E-state index contributed by atoms with van der Waals surface area (Å²) in [5, 5.41) is 6.06. The van der Waals surface area contributed by atoms with Gasteiger partial charge in [-0.3, -0.25) is 9.59 Å². The molecule has 2 N–H and O–H groups in total. The first-order valence-corrected chi connectivity index (χ1v) is 6.80. The molecule has 1 unspecified atom stereocenters. The summed E-state index contributed by atoms with van der Waals surface area (Å²) in [6, 6.07) is 0.116. The predicted molar refractivity (Wildman–Crippen MR) is 71.1 cm³/mol. The van der Waals surface area contributed by atoms with E-state index in [9.17, 15) is 9.59 Å². The molecule has 1 saturated heterocycles. The third-order valence-electron chi connectivity index (χ3n) is 3.14. The maximum absolute atomic E-state index is 12.1. The number of hydrogen-bond donors (Lipinski definition) is 2. The van der Waals surface area contributed by atoms with Gasteiger partial charge in [0.05, 0.1) is 6.54 Å². The van der Waals surface area contributed by atoms with Gasteiger partial charge in [-0.15, -0.1) is 0 Å². The summed E-state index contributed by atoms with van der Waals surface area (Å²) in [7, 11) is 0. The molecule has 18 heavy (non-hydrogen) atoms. The lowest BCUT2D eigenvalue weighted by atomic mass is 10.0. The first-order valence-electron chi connectivity index (χ1n) is 6.80. The summed E-state index contributed by atoms with van der Waals surface area (Å²) < 4.78 is 0. The average molecular weight is 255 g/mol. The molecule has 2 amide bonds. The SMILES string of the molecule is CCN(CC(=O)NC(C)C)C(=O)CC1CCNC1. The van der Waals surface area contributed by atoms with Crippen molar-refractivity contribution in [1.82, 2.24) is 15.5 Å². The fourth-order valence-electron chi connectivity index (χ4n) is 2.18. The minimum Gasteiger partial charge on any atom is -0.352 e. The van der Waals surface area contributed by atoms with Crippen LogP contribution in [0.3, 0.4) is 0 Å². The Balaban J connectivity index is 2.38. The minimum atomic E-state index is -0.0789. The molecule has 5 nitrogen and oxygen atoms in total. The highest BCUT2D eigenvalue weighted by Gasteiger charge is 2.22. The molecular weight excluding hydrogens is 230 g/mol. The van der Waals surface area contributed by atoms with Crippen LogP contribution >= 0.6 is 0 Å². The monoisotopic (exact) mass is 255 g/mol. The smallest absolute Gasteiger partial charge is 0.239 e. The summed E-state index contributed by atoms with van der Waals surface area (Å²) >= 11 is 0. The van der Waals surface area contributed by atoms with E-state index in [1.165, 1.54) is 0 Å². The second-order valence-corrected chi connectivity index (χ2v) is 5.19. The van der Waals surface area contributed by atoms with Crippen molar-refractivity contribution in [3.63, 3.8) is 0 Å². The largest absolute Gasteiger partial charge is 0.352 e. The van der Waals surface area contributed by atoms with E-state index in [1.807, 2.05) is 20.8 Å². The van der Waals surface area contributed by atoms with Crippen molar-refractivity contribution in [3.8, 4) is 0 Å². The number of hydrogen-bond acceptors (Lipinski definition) is 3. The van der Waals surface area contributed by atoms with Crippen LogP contribution in [-0.4, -0.2) is 48.9 Å². The zero-order chi connectivity index (χ0) is 13.5. The Bertz CT molecular complexity index is 286. The molecular formula is C13H25N3O2. The van der Waals surface area contributed by atoms with Gasteiger partial charge in [0.1, 0.15) is 0 Å². The molecule has 0 bridgehead atoms. The van der Waals surface area contributed by atoms with Gasteiger partial charge in [-0.1, -0.05) is 0 Å². The number of rotatable bonds is 6. The molecule has 0 saturated carbocycles. The van der Waals surface area contributed by atoms with Crippen LogP contribution in [0.1, 0.15) is 33.6 Å². The van der Waals surface area contributed by atoms with Gasteiger partial charge in [-0.2, -0.15) is 0 Å². The number of carbonyl (C=O) groups is 2. The first-order chi connectivity index (χ1) is 8.52. The molecule has 0 aromatic heterocycles.